The smallest absolute Gasteiger partial charge is 0.351 e. The molecule has 0 fully saturated rings. The van der Waals surface area contributed by atoms with Crippen LogP contribution in [0.5, 0.6) is 5.75 Å². The van der Waals surface area contributed by atoms with Gasteiger partial charge in [0.1, 0.15) is 10.6 Å². The summed E-state index contributed by atoms with van der Waals surface area (Å²) >= 11 is 0. The Morgan fingerprint density at radius 2 is 1.78 bits per heavy atom. The van der Waals surface area contributed by atoms with E-state index < -0.39 is 20.7 Å². The predicted octanol–water partition coefficient (Wildman–Crippen LogP) is 1.46. The highest BCUT2D eigenvalue weighted by atomic mass is 32.2. The van der Waals surface area contributed by atoms with Gasteiger partial charge in [0.05, 0.1) is 11.1 Å². The van der Waals surface area contributed by atoms with Crippen LogP contribution in [-0.2, 0) is 17.2 Å². The molecule has 0 aliphatic heterocycles. The Kier molecular flexibility index (Phi) is 5.12. The van der Waals surface area contributed by atoms with Crippen molar-refractivity contribution in [2.45, 2.75) is 4.90 Å². The van der Waals surface area contributed by atoms with Gasteiger partial charge in [0, 0.05) is 24.3 Å². The monoisotopic (exact) mass is 456 g/mol. The van der Waals surface area contributed by atoms with Gasteiger partial charge in [-0.05, 0) is 30.3 Å². The molecule has 12 nitrogen and oxygen atoms in total. The van der Waals surface area contributed by atoms with Crippen molar-refractivity contribution >= 4 is 44.2 Å². The number of aromatic amines is 1. The molecule has 0 aliphatic rings. The van der Waals surface area contributed by atoms with Crippen molar-refractivity contribution in [1.29, 1.82) is 0 Å². The van der Waals surface area contributed by atoms with Crippen LogP contribution < -0.4 is 21.9 Å². The molecular weight excluding hydrogens is 440 g/mol. The number of rotatable bonds is 5. The van der Waals surface area contributed by atoms with E-state index in [1.807, 2.05) is 0 Å². The molecule has 0 radical (unpaired) electrons. The molecule has 0 aliphatic carbocycles. The van der Waals surface area contributed by atoms with E-state index in [9.17, 15) is 27.7 Å². The Bertz CT molecular complexity index is 1580. The minimum absolute atomic E-state index is 0.0313. The summed E-state index contributed by atoms with van der Waals surface area (Å²) in [4.78, 5) is 34.1. The molecule has 0 amide bonds. The summed E-state index contributed by atoms with van der Waals surface area (Å²) in [7, 11) is -3.02. The van der Waals surface area contributed by atoms with E-state index in [-0.39, 0.29) is 34.3 Å². The fraction of sp³-hybridized carbons (Fsp3) is 0.0526. The van der Waals surface area contributed by atoms with Gasteiger partial charge in [0.2, 0.25) is 11.9 Å². The third kappa shape index (κ3) is 4.14. The molecule has 0 bridgehead atoms. The molecule has 5 N–H and O–H groups in total. The summed E-state index contributed by atoms with van der Waals surface area (Å²) in [6.45, 7) is 0. The quantitative estimate of drug-likeness (QED) is 0.276. The van der Waals surface area contributed by atoms with Crippen LogP contribution in [0.4, 0.5) is 23.3 Å². The first kappa shape index (κ1) is 21.0. The first-order valence-corrected chi connectivity index (χ1v) is 10.5. The van der Waals surface area contributed by atoms with Gasteiger partial charge < -0.3 is 20.3 Å². The van der Waals surface area contributed by atoms with Gasteiger partial charge >= 0.3 is 5.69 Å². The molecule has 0 saturated carbocycles. The van der Waals surface area contributed by atoms with E-state index >= 15 is 0 Å². The van der Waals surface area contributed by atoms with E-state index in [0.717, 1.165) is 0 Å². The summed E-state index contributed by atoms with van der Waals surface area (Å²) < 4.78 is 33.7. The average Bonchev–Trinajstić information content (AvgIpc) is 2.71. The van der Waals surface area contributed by atoms with Gasteiger partial charge in [-0.2, -0.15) is 18.4 Å². The molecule has 0 saturated heterocycles. The zero-order valence-electron chi connectivity index (χ0n) is 16.4. The summed E-state index contributed by atoms with van der Waals surface area (Å²) in [6, 6.07) is 10.1. The number of anilines is 4. The molecule has 32 heavy (non-hydrogen) atoms. The zero-order chi connectivity index (χ0) is 23.0. The number of aryl methyl sites for hydroxylation is 1. The van der Waals surface area contributed by atoms with Crippen molar-refractivity contribution in [1.82, 2.24) is 19.5 Å². The van der Waals surface area contributed by atoms with Crippen LogP contribution >= 0.6 is 0 Å². The highest BCUT2D eigenvalue weighted by Crippen LogP contribution is 2.26. The molecule has 0 unspecified atom stereocenters. The summed E-state index contributed by atoms with van der Waals surface area (Å²) in [5, 5.41) is 16.1. The Morgan fingerprint density at radius 1 is 1.03 bits per heavy atom. The number of hydrogen-bond acceptors (Lipinski definition) is 9. The number of aromatic hydroxyl groups is 1. The zero-order valence-corrected chi connectivity index (χ0v) is 17.2. The van der Waals surface area contributed by atoms with Crippen molar-refractivity contribution in [3.05, 3.63) is 69.5 Å². The van der Waals surface area contributed by atoms with E-state index in [2.05, 4.69) is 25.6 Å². The number of aromatic nitrogens is 4. The molecule has 13 heteroatoms. The molecule has 4 rings (SSSR count). The lowest BCUT2D eigenvalue weighted by atomic mass is 10.1. The molecule has 0 atom stereocenters. The SMILES string of the molecule is Cn1cc(O)c2ccc(Nc3nc(Nc4ccccc4S(=O)(=O)O)nc(=O)[nH]3)cc2c1=O. The van der Waals surface area contributed by atoms with Crippen LogP contribution in [0, 0.1) is 0 Å². The number of pyridine rings is 1. The third-order valence-corrected chi connectivity index (χ3v) is 5.40. The lowest BCUT2D eigenvalue weighted by Gasteiger charge is -2.11. The van der Waals surface area contributed by atoms with Crippen molar-refractivity contribution < 1.29 is 18.1 Å². The van der Waals surface area contributed by atoms with Gasteiger partial charge in [-0.15, -0.1) is 0 Å². The van der Waals surface area contributed by atoms with Crippen LogP contribution in [0.15, 0.2) is 63.1 Å². The summed E-state index contributed by atoms with van der Waals surface area (Å²) in [5.74, 6) is -0.344. The standard InChI is InChI=1S/C19H16N6O6S/c1-25-9-14(26)11-7-6-10(8-12(11)16(25)27)20-17-22-18(24-19(28)23-17)21-13-4-2-3-5-15(13)32(29,30)31/h2-9,26H,1H3,(H,29,30,31)(H3,20,21,22,23,24,28). The molecule has 0 spiro atoms. The largest absolute Gasteiger partial charge is 0.506 e. The number of nitrogens with one attached hydrogen (secondary N) is 3. The second kappa shape index (κ2) is 7.79. The third-order valence-electron chi connectivity index (χ3n) is 4.49. The molecule has 164 valence electrons. The van der Waals surface area contributed by atoms with E-state index in [0.29, 0.717) is 11.1 Å². The average molecular weight is 456 g/mol. The first-order chi connectivity index (χ1) is 15.1. The Hall–Kier alpha value is -4.23. The highest BCUT2D eigenvalue weighted by molar-refractivity contribution is 7.86. The van der Waals surface area contributed by atoms with Crippen LogP contribution in [0.2, 0.25) is 0 Å². The highest BCUT2D eigenvalue weighted by Gasteiger charge is 2.16. The summed E-state index contributed by atoms with van der Waals surface area (Å²) in [5.41, 5.74) is -0.763. The van der Waals surface area contributed by atoms with Gasteiger partial charge in [-0.1, -0.05) is 12.1 Å². The summed E-state index contributed by atoms with van der Waals surface area (Å²) in [6.07, 6.45) is 1.31. The maximum atomic E-state index is 12.4. The van der Waals surface area contributed by atoms with Crippen LogP contribution in [0.25, 0.3) is 10.8 Å². The number of nitrogens with zero attached hydrogens (tertiary/aromatic N) is 3. The van der Waals surface area contributed by atoms with Crippen LogP contribution in [0.3, 0.4) is 0 Å². The lowest BCUT2D eigenvalue weighted by Crippen LogP contribution is -2.17. The Morgan fingerprint density at radius 3 is 2.53 bits per heavy atom. The molecule has 2 aromatic carbocycles. The first-order valence-electron chi connectivity index (χ1n) is 9.03. The van der Waals surface area contributed by atoms with E-state index in [1.165, 1.54) is 54.2 Å². The van der Waals surface area contributed by atoms with Crippen molar-refractivity contribution in [3.63, 3.8) is 0 Å². The Labute approximate surface area is 180 Å². The normalized spacial score (nSPS) is 11.4. The second-order valence-electron chi connectivity index (χ2n) is 6.74. The minimum atomic E-state index is -4.53. The van der Waals surface area contributed by atoms with Gasteiger partial charge in [0.25, 0.3) is 15.7 Å². The Balaban J connectivity index is 1.70. The maximum absolute atomic E-state index is 12.4. The van der Waals surface area contributed by atoms with E-state index in [4.69, 9.17) is 0 Å². The lowest BCUT2D eigenvalue weighted by molar-refractivity contribution is 0.475. The fourth-order valence-corrected chi connectivity index (χ4v) is 3.72. The number of fused-ring (bicyclic) bond motifs is 1. The van der Waals surface area contributed by atoms with Crippen molar-refractivity contribution in [2.75, 3.05) is 10.6 Å². The number of hydrogen-bond donors (Lipinski definition) is 5. The van der Waals surface area contributed by atoms with Crippen molar-refractivity contribution in [2.24, 2.45) is 7.05 Å². The minimum Gasteiger partial charge on any atom is -0.506 e. The molecule has 2 heterocycles. The van der Waals surface area contributed by atoms with Crippen molar-refractivity contribution in [3.8, 4) is 5.75 Å². The fourth-order valence-electron chi connectivity index (χ4n) is 3.08. The van der Waals surface area contributed by atoms with Crippen LogP contribution in [-0.4, -0.2) is 37.6 Å². The van der Waals surface area contributed by atoms with Gasteiger partial charge in [-0.3, -0.25) is 14.3 Å². The maximum Gasteiger partial charge on any atom is 0.351 e. The molecule has 2 aromatic heterocycles. The molecular formula is C19H16N6O6S. The van der Waals surface area contributed by atoms with Crippen LogP contribution in [0.1, 0.15) is 0 Å². The van der Waals surface area contributed by atoms with E-state index in [1.54, 1.807) is 6.07 Å². The predicted molar refractivity (Wildman–Crippen MR) is 116 cm³/mol. The van der Waals surface area contributed by atoms with Gasteiger partial charge in [0.15, 0.2) is 0 Å². The number of benzene rings is 2. The topological polar surface area (TPSA) is 179 Å². The number of para-hydroxylation sites is 1. The second-order valence-corrected chi connectivity index (χ2v) is 8.13. The number of H-pyrrole nitrogens is 1. The van der Waals surface area contributed by atoms with Gasteiger partial charge in [-0.25, -0.2) is 4.79 Å². The molecule has 4 aromatic rings.